The summed E-state index contributed by atoms with van der Waals surface area (Å²) in [6, 6.07) is 10.4. The molecule has 0 fully saturated rings. The lowest BCUT2D eigenvalue weighted by Crippen LogP contribution is -2.38. The summed E-state index contributed by atoms with van der Waals surface area (Å²) < 4.78 is 0. The average molecular weight is 178 g/mol. The van der Waals surface area contributed by atoms with Crippen molar-refractivity contribution in [3.63, 3.8) is 0 Å². The Balaban J connectivity index is 2.57. The van der Waals surface area contributed by atoms with E-state index >= 15 is 0 Å². The van der Waals surface area contributed by atoms with Crippen molar-refractivity contribution in [2.24, 2.45) is 5.73 Å². The van der Waals surface area contributed by atoms with Gasteiger partial charge in [0.15, 0.2) is 0 Å². The molecule has 0 saturated carbocycles. The summed E-state index contributed by atoms with van der Waals surface area (Å²) in [7, 11) is 0. The minimum atomic E-state index is 0.130. The van der Waals surface area contributed by atoms with Gasteiger partial charge in [0.1, 0.15) is 0 Å². The SMILES string of the molecule is CCN(Cc1ccccc1)C(C)N. The first-order chi connectivity index (χ1) is 6.24. The molecule has 0 aromatic heterocycles. The normalized spacial score (nSPS) is 13.2. The highest BCUT2D eigenvalue weighted by atomic mass is 15.2. The summed E-state index contributed by atoms with van der Waals surface area (Å²) in [6.07, 6.45) is 0.130. The number of nitrogens with two attached hydrogens (primary N) is 1. The molecule has 2 N–H and O–H groups in total. The van der Waals surface area contributed by atoms with Gasteiger partial charge in [0.05, 0.1) is 6.17 Å². The minimum absolute atomic E-state index is 0.130. The Labute approximate surface area is 80.4 Å². The van der Waals surface area contributed by atoms with Crippen LogP contribution in [-0.2, 0) is 6.54 Å². The number of nitrogens with zero attached hydrogens (tertiary/aromatic N) is 1. The second kappa shape index (κ2) is 5.00. The summed E-state index contributed by atoms with van der Waals surface area (Å²) in [4.78, 5) is 2.23. The van der Waals surface area contributed by atoms with Crippen LogP contribution in [0.1, 0.15) is 19.4 Å². The van der Waals surface area contributed by atoms with Crippen LogP contribution >= 0.6 is 0 Å². The molecule has 2 heteroatoms. The van der Waals surface area contributed by atoms with E-state index in [9.17, 15) is 0 Å². The minimum Gasteiger partial charge on any atom is -0.316 e. The second-order valence-corrected chi connectivity index (χ2v) is 3.29. The quantitative estimate of drug-likeness (QED) is 0.712. The maximum atomic E-state index is 5.82. The van der Waals surface area contributed by atoms with Gasteiger partial charge in [-0.3, -0.25) is 4.90 Å². The lowest BCUT2D eigenvalue weighted by Gasteiger charge is -2.24. The van der Waals surface area contributed by atoms with Gasteiger partial charge in [0, 0.05) is 6.54 Å². The molecular formula is C11H18N2. The first-order valence-corrected chi connectivity index (χ1v) is 4.77. The Bertz CT molecular complexity index is 231. The van der Waals surface area contributed by atoms with Crippen LogP contribution in [0.25, 0.3) is 0 Å². The predicted octanol–water partition coefficient (Wildman–Crippen LogP) is 1.81. The summed E-state index contributed by atoms with van der Waals surface area (Å²) in [6.45, 7) is 6.08. The molecule has 0 radical (unpaired) electrons. The van der Waals surface area contributed by atoms with Crippen molar-refractivity contribution in [1.82, 2.24) is 4.90 Å². The Morgan fingerprint density at radius 1 is 1.31 bits per heavy atom. The van der Waals surface area contributed by atoms with Crippen LogP contribution in [0.3, 0.4) is 0 Å². The third kappa shape index (κ3) is 3.17. The molecule has 1 aromatic carbocycles. The van der Waals surface area contributed by atoms with Crippen LogP contribution in [-0.4, -0.2) is 17.6 Å². The molecule has 0 amide bonds. The lowest BCUT2D eigenvalue weighted by molar-refractivity contribution is 0.215. The molecule has 2 nitrogen and oxygen atoms in total. The lowest BCUT2D eigenvalue weighted by atomic mass is 10.2. The molecule has 72 valence electrons. The number of benzene rings is 1. The van der Waals surface area contributed by atoms with E-state index in [2.05, 4.69) is 36.1 Å². The molecule has 0 heterocycles. The molecule has 1 atom stereocenters. The fraction of sp³-hybridized carbons (Fsp3) is 0.455. The van der Waals surface area contributed by atoms with Crippen LogP contribution < -0.4 is 5.73 Å². The van der Waals surface area contributed by atoms with Crippen LogP contribution in [0.15, 0.2) is 30.3 Å². The number of rotatable bonds is 4. The van der Waals surface area contributed by atoms with Crippen molar-refractivity contribution < 1.29 is 0 Å². The summed E-state index contributed by atoms with van der Waals surface area (Å²) in [5.41, 5.74) is 7.14. The molecule has 1 unspecified atom stereocenters. The molecule has 13 heavy (non-hydrogen) atoms. The Morgan fingerprint density at radius 2 is 1.92 bits per heavy atom. The Morgan fingerprint density at radius 3 is 2.38 bits per heavy atom. The maximum Gasteiger partial charge on any atom is 0.0545 e. The molecule has 0 saturated heterocycles. The predicted molar refractivity (Wildman–Crippen MR) is 56.2 cm³/mol. The van der Waals surface area contributed by atoms with Gasteiger partial charge in [-0.15, -0.1) is 0 Å². The van der Waals surface area contributed by atoms with Crippen molar-refractivity contribution >= 4 is 0 Å². The summed E-state index contributed by atoms with van der Waals surface area (Å²) >= 11 is 0. The molecule has 0 aliphatic carbocycles. The van der Waals surface area contributed by atoms with Crippen LogP contribution in [0.5, 0.6) is 0 Å². The second-order valence-electron chi connectivity index (χ2n) is 3.29. The number of hydrogen-bond acceptors (Lipinski definition) is 2. The van der Waals surface area contributed by atoms with Crippen molar-refractivity contribution in [2.45, 2.75) is 26.6 Å². The van der Waals surface area contributed by atoms with E-state index in [4.69, 9.17) is 5.73 Å². The zero-order valence-corrected chi connectivity index (χ0v) is 8.40. The highest BCUT2D eigenvalue weighted by molar-refractivity contribution is 5.14. The van der Waals surface area contributed by atoms with Gasteiger partial charge in [0.2, 0.25) is 0 Å². The molecule has 1 rings (SSSR count). The zero-order valence-electron chi connectivity index (χ0n) is 8.40. The van der Waals surface area contributed by atoms with Crippen molar-refractivity contribution in [1.29, 1.82) is 0 Å². The highest BCUT2D eigenvalue weighted by Crippen LogP contribution is 2.04. The largest absolute Gasteiger partial charge is 0.316 e. The van der Waals surface area contributed by atoms with Gasteiger partial charge >= 0.3 is 0 Å². The van der Waals surface area contributed by atoms with E-state index in [1.165, 1.54) is 5.56 Å². The monoisotopic (exact) mass is 178 g/mol. The van der Waals surface area contributed by atoms with Gasteiger partial charge in [-0.2, -0.15) is 0 Å². The van der Waals surface area contributed by atoms with E-state index in [0.29, 0.717) is 0 Å². The van der Waals surface area contributed by atoms with Crippen LogP contribution in [0.4, 0.5) is 0 Å². The Kier molecular flexibility index (Phi) is 3.93. The van der Waals surface area contributed by atoms with Crippen LogP contribution in [0.2, 0.25) is 0 Å². The molecule has 0 aliphatic rings. The molecule has 0 bridgehead atoms. The van der Waals surface area contributed by atoms with Gasteiger partial charge < -0.3 is 5.73 Å². The van der Waals surface area contributed by atoms with Gasteiger partial charge in [-0.05, 0) is 19.0 Å². The van der Waals surface area contributed by atoms with E-state index < -0.39 is 0 Å². The molecule has 1 aromatic rings. The van der Waals surface area contributed by atoms with Crippen molar-refractivity contribution in [3.8, 4) is 0 Å². The van der Waals surface area contributed by atoms with Crippen molar-refractivity contribution in [3.05, 3.63) is 35.9 Å². The zero-order chi connectivity index (χ0) is 9.68. The summed E-state index contributed by atoms with van der Waals surface area (Å²) in [5.74, 6) is 0. The first-order valence-electron chi connectivity index (χ1n) is 4.77. The third-order valence-corrected chi connectivity index (χ3v) is 2.21. The van der Waals surface area contributed by atoms with Crippen molar-refractivity contribution in [2.75, 3.05) is 6.54 Å². The van der Waals surface area contributed by atoms with Gasteiger partial charge in [-0.1, -0.05) is 37.3 Å². The fourth-order valence-corrected chi connectivity index (χ4v) is 1.36. The topological polar surface area (TPSA) is 29.3 Å². The number of hydrogen-bond donors (Lipinski definition) is 1. The van der Waals surface area contributed by atoms with Crippen LogP contribution in [0, 0.1) is 0 Å². The smallest absolute Gasteiger partial charge is 0.0545 e. The van der Waals surface area contributed by atoms with Gasteiger partial charge in [-0.25, -0.2) is 0 Å². The summed E-state index contributed by atoms with van der Waals surface area (Å²) in [5, 5.41) is 0. The van der Waals surface area contributed by atoms with E-state index in [1.54, 1.807) is 0 Å². The first kappa shape index (κ1) is 10.2. The van der Waals surface area contributed by atoms with Gasteiger partial charge in [0.25, 0.3) is 0 Å². The highest BCUT2D eigenvalue weighted by Gasteiger charge is 2.06. The fourth-order valence-electron chi connectivity index (χ4n) is 1.36. The standard InChI is InChI=1S/C11H18N2/c1-3-13(10(2)12)9-11-7-5-4-6-8-11/h4-8,10H,3,9,12H2,1-2H3. The molecular weight excluding hydrogens is 160 g/mol. The molecule has 0 aliphatic heterocycles. The van der Waals surface area contributed by atoms with E-state index in [-0.39, 0.29) is 6.17 Å². The van der Waals surface area contributed by atoms with E-state index in [0.717, 1.165) is 13.1 Å². The maximum absolute atomic E-state index is 5.82. The molecule has 0 spiro atoms. The Hall–Kier alpha value is -0.860. The average Bonchev–Trinajstić information content (AvgIpc) is 2.15. The van der Waals surface area contributed by atoms with E-state index in [1.807, 2.05) is 13.0 Å². The third-order valence-electron chi connectivity index (χ3n) is 2.21.